The first-order valence-electron chi connectivity index (χ1n) is 9.55. The first-order chi connectivity index (χ1) is 10.9. The first-order valence-corrected chi connectivity index (χ1v) is 11.8. The third-order valence-corrected chi connectivity index (χ3v) is 13.3. The Morgan fingerprint density at radius 1 is 1.00 bits per heavy atom. The maximum Gasteiger partial charge on any atom is 0.157 e. The van der Waals surface area contributed by atoms with Crippen molar-refractivity contribution in [3.63, 3.8) is 0 Å². The molecule has 2 aliphatic heterocycles. The van der Waals surface area contributed by atoms with Gasteiger partial charge < -0.3 is 14.8 Å². The van der Waals surface area contributed by atoms with Crippen LogP contribution < -0.4 is 5.32 Å². The van der Waals surface area contributed by atoms with Crippen LogP contribution in [0.3, 0.4) is 0 Å². The molecule has 23 heavy (non-hydrogen) atoms. The van der Waals surface area contributed by atoms with Crippen molar-refractivity contribution in [3.8, 4) is 0 Å². The van der Waals surface area contributed by atoms with Gasteiger partial charge in [-0.15, -0.1) is 0 Å². The van der Waals surface area contributed by atoms with Gasteiger partial charge in [0.25, 0.3) is 0 Å². The molecule has 0 aromatic heterocycles. The summed E-state index contributed by atoms with van der Waals surface area (Å²) < 4.78 is 11.1. The van der Waals surface area contributed by atoms with E-state index in [1.54, 1.807) is 5.20 Å². The van der Waals surface area contributed by atoms with E-state index in [2.05, 4.69) is 52.9 Å². The van der Waals surface area contributed by atoms with Crippen LogP contribution in [0.1, 0.15) is 60.8 Å². The molecule has 0 radical (unpaired) electrons. The zero-order chi connectivity index (χ0) is 17.0. The van der Waals surface area contributed by atoms with Gasteiger partial charge in [-0.1, -0.05) is 52.8 Å². The predicted octanol–water partition coefficient (Wildman–Crippen LogP) is 4.65. The summed E-state index contributed by atoms with van der Waals surface area (Å²) in [5.74, 6) is 0. The van der Waals surface area contributed by atoms with Gasteiger partial charge in [0.05, 0.1) is 21.3 Å². The monoisotopic (exact) mass is 339 g/mol. The van der Waals surface area contributed by atoms with Crippen molar-refractivity contribution in [3.05, 3.63) is 11.3 Å². The molecule has 134 valence electrons. The molecule has 0 aliphatic carbocycles. The molecule has 0 spiro atoms. The summed E-state index contributed by atoms with van der Waals surface area (Å²) in [5, 5.41) is 5.58. The summed E-state index contributed by atoms with van der Waals surface area (Å²) in [6.07, 6.45) is 5.97. The summed E-state index contributed by atoms with van der Waals surface area (Å²) in [7, 11) is -1.46. The molecule has 1 N–H and O–H groups in total. The molecule has 0 unspecified atom stereocenters. The van der Waals surface area contributed by atoms with Crippen molar-refractivity contribution in [1.82, 2.24) is 5.32 Å². The van der Waals surface area contributed by atoms with Gasteiger partial charge in [0, 0.05) is 12.6 Å². The topological polar surface area (TPSA) is 30.5 Å². The van der Waals surface area contributed by atoms with Crippen LogP contribution in [0.5, 0.6) is 0 Å². The second-order valence-corrected chi connectivity index (χ2v) is 14.2. The molecular weight excluding hydrogens is 302 g/mol. The lowest BCUT2D eigenvalue weighted by Crippen LogP contribution is -2.51. The summed E-state index contributed by atoms with van der Waals surface area (Å²) in [6.45, 7) is 17.3. The van der Waals surface area contributed by atoms with Gasteiger partial charge in [-0.25, -0.2) is 0 Å². The highest BCUT2D eigenvalue weighted by Crippen LogP contribution is 2.46. The van der Waals surface area contributed by atoms with Crippen LogP contribution in [0.25, 0.3) is 0 Å². The van der Waals surface area contributed by atoms with Crippen molar-refractivity contribution in [2.75, 3.05) is 19.8 Å². The van der Waals surface area contributed by atoms with Gasteiger partial charge in [0.2, 0.25) is 0 Å². The van der Waals surface area contributed by atoms with Crippen LogP contribution in [0, 0.1) is 0 Å². The maximum absolute atomic E-state index is 5.56. The molecule has 0 aromatic rings. The minimum atomic E-state index is -1.46. The SMILES string of the molecule is CC(C)[Si](C1=CC[C@H](CCC2OCCO2)NC1)(C(C)C)C(C)C. The number of nitrogens with one attached hydrogen (secondary N) is 1. The van der Waals surface area contributed by atoms with Gasteiger partial charge in [-0.05, 0) is 35.9 Å². The lowest BCUT2D eigenvalue weighted by molar-refractivity contribution is -0.0491. The molecule has 2 rings (SSSR count). The molecule has 1 fully saturated rings. The van der Waals surface area contributed by atoms with Crippen molar-refractivity contribution in [2.45, 2.75) is 89.8 Å². The van der Waals surface area contributed by atoms with E-state index >= 15 is 0 Å². The molecule has 0 aromatic carbocycles. The first kappa shape index (κ1) is 19.2. The molecule has 0 amide bonds. The number of rotatable bonds is 7. The van der Waals surface area contributed by atoms with Crippen LogP contribution in [-0.4, -0.2) is 40.2 Å². The van der Waals surface area contributed by atoms with Crippen LogP contribution >= 0.6 is 0 Å². The standard InChI is InChI=1S/C19H37NO2Si/c1-14(2)23(15(3)4,16(5)6)18-9-7-17(20-13-18)8-10-19-21-11-12-22-19/h9,14-17,19-20H,7-8,10-13H2,1-6H3/t17-/m1/s1. The highest BCUT2D eigenvalue weighted by molar-refractivity contribution is 6.90. The highest BCUT2D eigenvalue weighted by atomic mass is 28.3. The van der Waals surface area contributed by atoms with E-state index in [4.69, 9.17) is 9.47 Å². The van der Waals surface area contributed by atoms with Gasteiger partial charge in [-0.3, -0.25) is 0 Å². The average molecular weight is 340 g/mol. The zero-order valence-corrected chi connectivity index (χ0v) is 17.0. The number of hydrogen-bond donors (Lipinski definition) is 1. The van der Waals surface area contributed by atoms with Gasteiger partial charge in [-0.2, -0.15) is 0 Å². The Labute approximate surface area is 144 Å². The number of hydrogen-bond acceptors (Lipinski definition) is 3. The molecule has 0 saturated carbocycles. The summed E-state index contributed by atoms with van der Waals surface area (Å²) in [6, 6.07) is 0.588. The fraction of sp³-hybridized carbons (Fsp3) is 0.895. The van der Waals surface area contributed by atoms with Gasteiger partial charge in [0.1, 0.15) is 0 Å². The van der Waals surface area contributed by atoms with E-state index in [1.807, 2.05) is 0 Å². The van der Waals surface area contributed by atoms with Crippen molar-refractivity contribution in [2.24, 2.45) is 0 Å². The van der Waals surface area contributed by atoms with Crippen LogP contribution in [0.2, 0.25) is 16.6 Å². The minimum absolute atomic E-state index is 0.0395. The van der Waals surface area contributed by atoms with Gasteiger partial charge >= 0.3 is 0 Å². The van der Waals surface area contributed by atoms with E-state index in [1.165, 1.54) is 6.42 Å². The Balaban J connectivity index is 2.00. The maximum atomic E-state index is 5.56. The van der Waals surface area contributed by atoms with E-state index in [-0.39, 0.29) is 6.29 Å². The molecule has 2 aliphatic rings. The van der Waals surface area contributed by atoms with Gasteiger partial charge in [0.15, 0.2) is 6.29 Å². The van der Waals surface area contributed by atoms with E-state index in [0.29, 0.717) is 6.04 Å². The molecule has 4 heteroatoms. The molecule has 3 nitrogen and oxygen atoms in total. The van der Waals surface area contributed by atoms with Crippen molar-refractivity contribution >= 4 is 8.07 Å². The second-order valence-electron chi connectivity index (χ2n) is 8.19. The third kappa shape index (κ3) is 4.09. The smallest absolute Gasteiger partial charge is 0.157 e. The lowest BCUT2D eigenvalue weighted by Gasteiger charge is -2.47. The Kier molecular flexibility index (Phi) is 6.90. The normalized spacial score (nSPS) is 24.0. The summed E-state index contributed by atoms with van der Waals surface area (Å²) >= 11 is 0. The Bertz CT molecular complexity index is 378. The molecule has 1 saturated heterocycles. The fourth-order valence-electron chi connectivity index (χ4n) is 5.27. The second kappa shape index (κ2) is 8.28. The number of ether oxygens (including phenoxy) is 2. The van der Waals surface area contributed by atoms with E-state index < -0.39 is 8.07 Å². The third-order valence-electron chi connectivity index (χ3n) is 6.09. The molecule has 0 bridgehead atoms. The lowest BCUT2D eigenvalue weighted by atomic mass is 10.0. The summed E-state index contributed by atoms with van der Waals surface area (Å²) in [5.41, 5.74) is 2.40. The van der Waals surface area contributed by atoms with Crippen LogP contribution in [-0.2, 0) is 9.47 Å². The zero-order valence-electron chi connectivity index (χ0n) is 16.0. The Hall–Kier alpha value is -0.163. The average Bonchev–Trinajstić information content (AvgIpc) is 2.99. The van der Waals surface area contributed by atoms with Crippen molar-refractivity contribution < 1.29 is 9.47 Å². The minimum Gasteiger partial charge on any atom is -0.350 e. The Morgan fingerprint density at radius 2 is 1.57 bits per heavy atom. The predicted molar refractivity (Wildman–Crippen MR) is 100 cm³/mol. The highest BCUT2D eigenvalue weighted by Gasteiger charge is 2.46. The van der Waals surface area contributed by atoms with Crippen LogP contribution in [0.15, 0.2) is 11.3 Å². The van der Waals surface area contributed by atoms with Crippen molar-refractivity contribution in [1.29, 1.82) is 0 Å². The molecule has 2 heterocycles. The van der Waals surface area contributed by atoms with E-state index in [0.717, 1.165) is 49.2 Å². The quantitative estimate of drug-likeness (QED) is 0.685. The van der Waals surface area contributed by atoms with E-state index in [9.17, 15) is 0 Å². The fourth-order valence-corrected chi connectivity index (χ4v) is 12.4. The molecular formula is C19H37NO2Si. The Morgan fingerprint density at radius 3 is 2.00 bits per heavy atom. The van der Waals surface area contributed by atoms with Crippen LogP contribution in [0.4, 0.5) is 0 Å². The summed E-state index contributed by atoms with van der Waals surface area (Å²) in [4.78, 5) is 0. The molecule has 1 atom stereocenters. The largest absolute Gasteiger partial charge is 0.350 e.